The van der Waals surface area contributed by atoms with Gasteiger partial charge in [0.2, 0.25) is 15.9 Å². The molecule has 3 aromatic rings. The summed E-state index contributed by atoms with van der Waals surface area (Å²) in [5.41, 5.74) is -0.132. The fraction of sp³-hybridized carbons (Fsp3) is 0.240. The van der Waals surface area contributed by atoms with Gasteiger partial charge in [-0.1, -0.05) is 18.2 Å². The van der Waals surface area contributed by atoms with E-state index in [2.05, 4.69) is 5.32 Å². The topological polar surface area (TPSA) is 75.7 Å². The first kappa shape index (κ1) is 25.6. The minimum absolute atomic E-state index is 0.0366. The van der Waals surface area contributed by atoms with E-state index in [9.17, 15) is 30.8 Å². The molecule has 190 valence electrons. The van der Waals surface area contributed by atoms with E-state index in [4.69, 9.17) is 4.74 Å². The highest BCUT2D eigenvalue weighted by Gasteiger charge is 2.39. The van der Waals surface area contributed by atoms with Crippen LogP contribution in [0.15, 0.2) is 77.7 Å². The van der Waals surface area contributed by atoms with Gasteiger partial charge < -0.3 is 10.1 Å². The van der Waals surface area contributed by atoms with Gasteiger partial charge in [0, 0.05) is 13.1 Å². The Hall–Kier alpha value is -3.44. The van der Waals surface area contributed by atoms with Crippen LogP contribution in [-0.2, 0) is 27.5 Å². The van der Waals surface area contributed by atoms with Crippen LogP contribution in [0.25, 0.3) is 0 Å². The van der Waals surface area contributed by atoms with Crippen molar-refractivity contribution in [2.45, 2.75) is 36.5 Å². The standard InChI is InChI=1S/C25H22F4N2O4S/c26-19-8-12-22(13-9-19)36(33,34)31-14-2-5-23(31)24(32)30-16-17-6-10-20(11-7-17)35-21-4-1-3-18(15-21)25(27,28)29/h1,3-4,6-13,15,23H,2,5,14,16H2,(H,30,32)/t23-/m0/s1. The quantitative estimate of drug-likeness (QED) is 0.438. The number of hydrogen-bond donors (Lipinski definition) is 1. The zero-order chi connectivity index (χ0) is 25.9. The second-order valence-corrected chi connectivity index (χ2v) is 10.1. The van der Waals surface area contributed by atoms with Crippen LogP contribution in [0.4, 0.5) is 17.6 Å². The molecule has 1 heterocycles. The second-order valence-electron chi connectivity index (χ2n) is 8.22. The van der Waals surface area contributed by atoms with Crippen LogP contribution in [0.5, 0.6) is 11.5 Å². The van der Waals surface area contributed by atoms with Crippen LogP contribution in [0, 0.1) is 5.82 Å². The molecular weight excluding hydrogens is 500 g/mol. The number of rotatable bonds is 7. The Morgan fingerprint density at radius 3 is 2.36 bits per heavy atom. The summed E-state index contributed by atoms with van der Waals surface area (Å²) in [5, 5.41) is 2.73. The van der Waals surface area contributed by atoms with Crippen molar-refractivity contribution >= 4 is 15.9 Å². The fourth-order valence-electron chi connectivity index (χ4n) is 3.89. The molecule has 0 spiro atoms. The number of carbonyl (C=O) groups excluding carboxylic acids is 1. The highest BCUT2D eigenvalue weighted by molar-refractivity contribution is 7.89. The van der Waals surface area contributed by atoms with Crippen LogP contribution in [0.2, 0.25) is 0 Å². The van der Waals surface area contributed by atoms with E-state index in [1.54, 1.807) is 24.3 Å². The summed E-state index contributed by atoms with van der Waals surface area (Å²) in [4.78, 5) is 12.7. The molecule has 1 fully saturated rings. The molecule has 1 amide bonds. The van der Waals surface area contributed by atoms with Crippen molar-refractivity contribution in [1.29, 1.82) is 0 Å². The predicted octanol–water partition coefficient (Wildman–Crippen LogP) is 5.11. The Morgan fingerprint density at radius 2 is 1.69 bits per heavy atom. The number of carbonyl (C=O) groups is 1. The van der Waals surface area contributed by atoms with Crippen molar-refractivity contribution in [1.82, 2.24) is 9.62 Å². The maximum atomic E-state index is 13.2. The van der Waals surface area contributed by atoms with E-state index in [1.165, 1.54) is 24.3 Å². The van der Waals surface area contributed by atoms with Gasteiger partial charge in [-0.15, -0.1) is 0 Å². The minimum Gasteiger partial charge on any atom is -0.457 e. The number of benzene rings is 3. The van der Waals surface area contributed by atoms with Crippen molar-refractivity contribution < 1.29 is 35.5 Å². The number of halogens is 4. The maximum absolute atomic E-state index is 13.2. The molecule has 0 radical (unpaired) electrons. The largest absolute Gasteiger partial charge is 0.457 e. The highest BCUT2D eigenvalue weighted by atomic mass is 32.2. The lowest BCUT2D eigenvalue weighted by Crippen LogP contribution is -2.45. The summed E-state index contributed by atoms with van der Waals surface area (Å²) < 4.78 is 84.3. The molecule has 3 aromatic carbocycles. The first-order valence-corrected chi connectivity index (χ1v) is 12.5. The summed E-state index contributed by atoms with van der Waals surface area (Å²) in [7, 11) is -3.96. The third-order valence-corrected chi connectivity index (χ3v) is 7.64. The number of nitrogens with one attached hydrogen (secondary N) is 1. The Balaban J connectivity index is 1.37. The number of ether oxygens (including phenoxy) is 1. The van der Waals surface area contributed by atoms with Gasteiger partial charge in [0.25, 0.3) is 0 Å². The van der Waals surface area contributed by atoms with E-state index in [0.717, 1.165) is 28.6 Å². The van der Waals surface area contributed by atoms with Crippen LogP contribution in [0.3, 0.4) is 0 Å². The molecule has 0 aliphatic carbocycles. The van der Waals surface area contributed by atoms with Gasteiger partial charge in [-0.3, -0.25) is 4.79 Å². The molecule has 11 heteroatoms. The van der Waals surface area contributed by atoms with Gasteiger partial charge in [0.05, 0.1) is 10.5 Å². The fourth-order valence-corrected chi connectivity index (χ4v) is 5.54. The van der Waals surface area contributed by atoms with Gasteiger partial charge in [-0.2, -0.15) is 17.5 Å². The number of amides is 1. The lowest BCUT2D eigenvalue weighted by atomic mass is 10.2. The molecule has 36 heavy (non-hydrogen) atoms. The third-order valence-electron chi connectivity index (χ3n) is 5.71. The Kier molecular flexibility index (Phi) is 7.32. The van der Waals surface area contributed by atoms with E-state index >= 15 is 0 Å². The summed E-state index contributed by atoms with van der Waals surface area (Å²) in [5.74, 6) is -0.662. The SMILES string of the molecule is O=C(NCc1ccc(Oc2cccc(C(F)(F)F)c2)cc1)[C@@H]1CCCN1S(=O)(=O)c1ccc(F)cc1. The summed E-state index contributed by atoms with van der Waals surface area (Å²) in [6.45, 7) is 0.295. The molecule has 1 aliphatic heterocycles. The molecular formula is C25H22F4N2O4S. The third kappa shape index (κ3) is 5.85. The van der Waals surface area contributed by atoms with E-state index in [0.29, 0.717) is 24.2 Å². The summed E-state index contributed by atoms with van der Waals surface area (Å²) in [6.07, 6.45) is -3.61. The van der Waals surface area contributed by atoms with E-state index < -0.39 is 39.5 Å². The zero-order valence-corrected chi connectivity index (χ0v) is 19.7. The lowest BCUT2D eigenvalue weighted by molar-refractivity contribution is -0.137. The Bertz CT molecular complexity index is 1330. The average molecular weight is 523 g/mol. The number of sulfonamides is 1. The molecule has 1 N–H and O–H groups in total. The zero-order valence-electron chi connectivity index (χ0n) is 18.8. The van der Waals surface area contributed by atoms with Crippen LogP contribution < -0.4 is 10.1 Å². The number of hydrogen-bond acceptors (Lipinski definition) is 4. The van der Waals surface area contributed by atoms with Crippen molar-refractivity contribution in [2.24, 2.45) is 0 Å². The predicted molar refractivity (Wildman–Crippen MR) is 123 cm³/mol. The van der Waals surface area contributed by atoms with Gasteiger partial charge >= 0.3 is 6.18 Å². The van der Waals surface area contributed by atoms with Gasteiger partial charge in [-0.25, -0.2) is 12.8 Å². The monoisotopic (exact) mass is 522 g/mol. The second kappa shape index (κ2) is 10.3. The van der Waals surface area contributed by atoms with Gasteiger partial charge in [0.15, 0.2) is 0 Å². The molecule has 0 unspecified atom stereocenters. The maximum Gasteiger partial charge on any atom is 0.416 e. The van der Waals surface area contributed by atoms with Crippen molar-refractivity contribution in [3.63, 3.8) is 0 Å². The average Bonchev–Trinajstić information content (AvgIpc) is 3.35. The molecule has 0 aromatic heterocycles. The summed E-state index contributed by atoms with van der Waals surface area (Å²) >= 11 is 0. The summed E-state index contributed by atoms with van der Waals surface area (Å²) in [6, 6.07) is 14.5. The molecule has 1 atom stereocenters. The molecule has 4 rings (SSSR count). The highest BCUT2D eigenvalue weighted by Crippen LogP contribution is 2.33. The Labute approximate surface area is 205 Å². The van der Waals surface area contributed by atoms with Crippen molar-refractivity contribution in [3.05, 3.63) is 89.7 Å². The normalized spacial score (nSPS) is 16.6. The van der Waals surface area contributed by atoms with Crippen LogP contribution in [-0.4, -0.2) is 31.2 Å². The number of nitrogens with zero attached hydrogens (tertiary/aromatic N) is 1. The van der Waals surface area contributed by atoms with Gasteiger partial charge in [-0.05, 0) is 73.0 Å². The lowest BCUT2D eigenvalue weighted by Gasteiger charge is -2.23. The smallest absolute Gasteiger partial charge is 0.416 e. The van der Waals surface area contributed by atoms with E-state index in [-0.39, 0.29) is 23.7 Å². The molecule has 1 aliphatic rings. The van der Waals surface area contributed by atoms with Crippen LogP contribution >= 0.6 is 0 Å². The first-order valence-electron chi connectivity index (χ1n) is 11.0. The number of alkyl halides is 3. The minimum atomic E-state index is -4.48. The molecule has 0 saturated carbocycles. The van der Waals surface area contributed by atoms with Crippen molar-refractivity contribution in [3.8, 4) is 11.5 Å². The van der Waals surface area contributed by atoms with Crippen LogP contribution in [0.1, 0.15) is 24.0 Å². The molecule has 6 nitrogen and oxygen atoms in total. The van der Waals surface area contributed by atoms with Crippen molar-refractivity contribution in [2.75, 3.05) is 6.54 Å². The molecule has 1 saturated heterocycles. The van der Waals surface area contributed by atoms with E-state index in [1.807, 2.05) is 0 Å². The van der Waals surface area contributed by atoms with Gasteiger partial charge in [0.1, 0.15) is 23.4 Å². The Morgan fingerprint density at radius 1 is 1.00 bits per heavy atom. The first-order chi connectivity index (χ1) is 17.0. The molecule has 0 bridgehead atoms.